The predicted octanol–water partition coefficient (Wildman–Crippen LogP) is 1.26. The van der Waals surface area contributed by atoms with Crippen molar-refractivity contribution >= 4 is 35.1 Å². The fourth-order valence-corrected chi connectivity index (χ4v) is 17.5. The summed E-state index contributed by atoms with van der Waals surface area (Å²) in [5.74, 6) is -7.54. The number of carbonyl (C=O) groups is 2. The molecule has 0 radical (unpaired) electrons. The first-order chi connectivity index (χ1) is 52.6. The number of methoxy groups -OCH3 is 5. The zero-order valence-corrected chi connectivity index (χ0v) is 64.5. The zero-order chi connectivity index (χ0) is 80.2. The Labute approximate surface area is 645 Å². The number of aromatic hydroxyl groups is 3. The number of ether oxygens (including phenoxy) is 26. The number of aliphatic hydroxyl groups is 5. The Morgan fingerprint density at radius 3 is 1.98 bits per heavy atom. The summed E-state index contributed by atoms with van der Waals surface area (Å²) in [6.07, 6.45) is -40.9. The van der Waals surface area contributed by atoms with Crippen LogP contribution in [0.5, 0.6) is 23.0 Å². The molecule has 8 N–H and O–H groups in total. The highest BCUT2D eigenvalue weighted by atomic mass is 35.5. The second kappa shape index (κ2) is 33.1. The summed E-state index contributed by atoms with van der Waals surface area (Å²) in [5.41, 5.74) is -3.54. The molecule has 0 aliphatic carbocycles. The van der Waals surface area contributed by atoms with E-state index in [0.717, 1.165) is 6.07 Å². The lowest BCUT2D eigenvalue weighted by molar-refractivity contribution is -0.595. The maximum absolute atomic E-state index is 14.3. The molecule has 0 bridgehead atoms. The Morgan fingerprint density at radius 1 is 0.613 bits per heavy atom. The maximum Gasteiger partial charge on any atom is 0.342 e. The van der Waals surface area contributed by atoms with E-state index in [-0.39, 0.29) is 83.3 Å². The summed E-state index contributed by atoms with van der Waals surface area (Å²) in [7, 11) is 6.53. The molecule has 11 aliphatic heterocycles. The number of hydrogen-bond acceptors (Lipinski definition) is 38. The second-order valence-electron chi connectivity index (χ2n) is 29.9. The number of phenolic OH excluding ortho intramolecular Hbond substituents is 3. The molecule has 111 heavy (non-hydrogen) atoms. The van der Waals surface area contributed by atoms with Gasteiger partial charge in [-0.05, 0) is 72.6 Å². The Balaban J connectivity index is 0.644. The normalized spacial score (nSPS) is 45.6. The summed E-state index contributed by atoms with van der Waals surface area (Å²) >= 11 is 12.8. The van der Waals surface area contributed by atoms with Crippen molar-refractivity contribution in [1.29, 1.82) is 0 Å². The number of hydrogen-bond donors (Lipinski definition) is 8. The first-order valence-electron chi connectivity index (χ1n) is 36.3. The average molecular weight is 1630 g/mol. The number of benzene rings is 2. The lowest BCUT2D eigenvalue weighted by Gasteiger charge is -2.50. The number of esters is 2. The van der Waals surface area contributed by atoms with Gasteiger partial charge in [-0.25, -0.2) is 9.59 Å². The number of halogens is 2. The van der Waals surface area contributed by atoms with E-state index in [9.17, 15) is 60.6 Å². The Hall–Kier alpha value is -4.56. The van der Waals surface area contributed by atoms with Crippen LogP contribution in [0.15, 0.2) is 12.1 Å². The first kappa shape index (κ1) is 84.4. The number of rotatable bonds is 21. The third-order valence-corrected chi connectivity index (χ3v) is 23.3. The van der Waals surface area contributed by atoms with Crippen LogP contribution in [0.1, 0.15) is 99.6 Å². The van der Waals surface area contributed by atoms with Crippen molar-refractivity contribution in [3.05, 3.63) is 54.5 Å². The second-order valence-corrected chi connectivity index (χ2v) is 30.6. The molecule has 11 fully saturated rings. The molecule has 11 aliphatic rings. The summed E-state index contributed by atoms with van der Waals surface area (Å²) in [5, 5.41) is 104. The van der Waals surface area contributed by atoms with E-state index in [1.165, 1.54) is 69.3 Å². The highest BCUT2D eigenvalue weighted by Crippen LogP contribution is 2.53. The Kier molecular flexibility index (Phi) is 25.1. The van der Waals surface area contributed by atoms with Crippen LogP contribution in [0.2, 0.25) is 10.0 Å². The van der Waals surface area contributed by atoms with Gasteiger partial charge in [-0.3, -0.25) is 10.1 Å². The first-order valence-corrected chi connectivity index (χ1v) is 37.1. The smallest absolute Gasteiger partial charge is 0.342 e. The van der Waals surface area contributed by atoms with Gasteiger partial charge in [-0.1, -0.05) is 23.2 Å². The van der Waals surface area contributed by atoms with Crippen molar-refractivity contribution in [2.24, 2.45) is 0 Å². The minimum absolute atomic E-state index is 0.0700. The van der Waals surface area contributed by atoms with Crippen LogP contribution >= 0.6 is 23.2 Å². The molecule has 2 spiro atoms. The molecule has 39 nitrogen and oxygen atoms in total. The van der Waals surface area contributed by atoms with Crippen LogP contribution in [-0.4, -0.2) is 333 Å². The van der Waals surface area contributed by atoms with E-state index < -0.39 is 248 Å². The van der Waals surface area contributed by atoms with Gasteiger partial charge >= 0.3 is 17.9 Å². The van der Waals surface area contributed by atoms with Gasteiger partial charge in [0.2, 0.25) is 0 Å². The van der Waals surface area contributed by atoms with Gasteiger partial charge in [0, 0.05) is 52.8 Å². The van der Waals surface area contributed by atoms with Crippen LogP contribution in [0.4, 0.5) is 0 Å². The fraction of sp³-hybridized carbons (Fsp3) is 0.800. The highest BCUT2D eigenvalue weighted by Gasteiger charge is 2.70. The fourth-order valence-electron chi connectivity index (χ4n) is 17.0. The summed E-state index contributed by atoms with van der Waals surface area (Å²) in [4.78, 5) is 39.8. The molecular weight excluding hydrogens is 1530 g/mol. The largest absolute Gasteiger partial charge is 0.508 e. The van der Waals surface area contributed by atoms with Gasteiger partial charge in [0.05, 0.1) is 81.4 Å². The van der Waals surface area contributed by atoms with Gasteiger partial charge < -0.3 is 164 Å². The van der Waals surface area contributed by atoms with Crippen LogP contribution in [0.25, 0.3) is 0 Å². The van der Waals surface area contributed by atoms with Gasteiger partial charge in [-0.2, -0.15) is 0 Å². The van der Waals surface area contributed by atoms with Crippen LogP contribution in [0.3, 0.4) is 0 Å². The number of fused-ring (bicyclic) bond motifs is 4. The van der Waals surface area contributed by atoms with E-state index in [4.69, 9.17) is 146 Å². The number of aliphatic hydroxyl groups excluding tert-OH is 5. The maximum atomic E-state index is 14.3. The molecule has 11 heterocycles. The third kappa shape index (κ3) is 15.5. The third-order valence-electron chi connectivity index (χ3n) is 22.5. The number of phenols is 3. The number of nitro groups is 1. The Bertz CT molecular complexity index is 3630. The van der Waals surface area contributed by atoms with Crippen LogP contribution < -0.4 is 4.74 Å². The minimum atomic E-state index is -2.06. The topological polar surface area (TPSA) is 479 Å². The monoisotopic (exact) mass is 1630 g/mol. The molecule has 0 amide bonds. The van der Waals surface area contributed by atoms with Crippen LogP contribution in [-0.2, 0) is 118 Å². The Morgan fingerprint density at radius 2 is 1.31 bits per heavy atom. The highest BCUT2D eigenvalue weighted by molar-refractivity contribution is 6.39. The van der Waals surface area contributed by atoms with Crippen molar-refractivity contribution < 1.29 is 179 Å². The molecule has 35 atom stereocenters. The van der Waals surface area contributed by atoms with Crippen molar-refractivity contribution in [2.45, 2.75) is 295 Å². The van der Waals surface area contributed by atoms with Gasteiger partial charge in [0.1, 0.15) is 132 Å². The number of carbonyl (C=O) groups excluding carboxylic acids is 2. The zero-order valence-electron chi connectivity index (χ0n) is 63.0. The van der Waals surface area contributed by atoms with Crippen LogP contribution in [0, 0.1) is 24.0 Å². The summed E-state index contributed by atoms with van der Waals surface area (Å²) in [6, 6.07) is 2.28. The molecule has 41 heteroatoms. The minimum Gasteiger partial charge on any atom is -0.508 e. The molecule has 624 valence electrons. The van der Waals surface area contributed by atoms with Crippen molar-refractivity contribution in [3.8, 4) is 23.0 Å². The molecule has 11 saturated heterocycles. The summed E-state index contributed by atoms with van der Waals surface area (Å²) < 4.78 is 160. The molecule has 2 aromatic rings. The van der Waals surface area contributed by atoms with E-state index in [1.807, 2.05) is 0 Å². The standard InChI is InChI=1S/C70H97Cl2NO38/c1-24-15-31(74)16-32(75)40(24)61(82)100-36-22-94-70(60-53(36)92-23-93-60)108-37-21-91-63(46(79)52(37)109-70)106-65-56(89-13)45(78)51(35(101-65)20-86-10)104-64-47(80)55(50(87-11)27(4)97-64)105-66-57(81)68(9)59(30(7)98-66)110-69(111-68)18-33(76)48(28(5)107-69)102-38-17-34(99-39-19-67(8,73(84)85)58(90-14)29(6)96-39)49(26(3)95-38)103-62(83)41-25(2)42(71)44(77)43(72)54(41)88-12/h15-16,26-30,33-39,45-53,55-60,63-66,74-81H,17-23H2,1-14H3/t26-,27-,28-,29-,30-,33-,34-,35-,36-,37+,38+,39+,45+,46-,47-,48+,49-,50+,51-,52+,53-,55+,56+,57-,58-,59-,60-,63+,64+,65+,66+,67+,68+,69-,70-/m1/s1. The van der Waals surface area contributed by atoms with E-state index in [0.29, 0.717) is 0 Å². The van der Waals surface area contributed by atoms with E-state index in [2.05, 4.69) is 0 Å². The molecular formula is C70H97Cl2NO38. The van der Waals surface area contributed by atoms with Gasteiger partial charge in [0.25, 0.3) is 11.5 Å². The SMILES string of the molecule is COC[C@H]1O[C@@H](O[C@@H]2OC[C@@H]3O[C@@]4(OC[C@@H](OC(=O)c5c(C)cc(O)cc5O)[C@H]5OCO[C@H]54)O[C@@H]3[C@H]2O)[C@@H](OC)[C@@H](O)[C@@H]1O[C@@H]1O[C@H](C)[C@H](OC)[C@@H](O[C@@H]2O[C@H](C)[C@H]3O[C@]4(C[C@@H](O)[C@@H](O[C@H]5C[C@@H](O[C@H]6C[C@](C)([N+](=O)[O-])[C@H](OC)[C@@H](C)O6)[C@H](OC(=O)c6c(C)c(Cl)c(O)c(Cl)c6OC)[C@@H](C)O5)[C@@H](C)O4)O[C@@]3(C)[C@@H]2O)[C@H]1O. The van der Waals surface area contributed by atoms with Gasteiger partial charge in [-0.15, -0.1) is 0 Å². The molecule has 2 aromatic carbocycles. The molecule has 13 rings (SSSR count). The average Bonchev–Trinajstić information content (AvgIpc) is 1.58. The molecule has 0 aromatic heterocycles. The number of nitrogens with zero attached hydrogens (tertiary/aromatic N) is 1. The van der Waals surface area contributed by atoms with Crippen molar-refractivity contribution in [2.75, 3.05) is 62.2 Å². The van der Waals surface area contributed by atoms with E-state index in [1.54, 1.807) is 34.6 Å². The summed E-state index contributed by atoms with van der Waals surface area (Å²) in [6.45, 7) is 12.7. The molecule has 0 unspecified atom stereocenters. The van der Waals surface area contributed by atoms with Gasteiger partial charge in [0.15, 0.2) is 73.7 Å². The quantitative estimate of drug-likeness (QED) is 0.0495. The lowest BCUT2D eigenvalue weighted by atomic mass is 9.85. The van der Waals surface area contributed by atoms with Crippen molar-refractivity contribution in [3.63, 3.8) is 0 Å². The number of aryl methyl sites for hydroxylation is 1. The predicted molar refractivity (Wildman–Crippen MR) is 363 cm³/mol. The van der Waals surface area contributed by atoms with Crippen molar-refractivity contribution in [1.82, 2.24) is 0 Å². The molecule has 0 saturated carbocycles. The lowest BCUT2D eigenvalue weighted by Crippen LogP contribution is -2.68. The van der Waals surface area contributed by atoms with E-state index >= 15 is 0 Å².